The van der Waals surface area contributed by atoms with Crippen molar-refractivity contribution in [1.29, 1.82) is 0 Å². The number of hydrogen-bond acceptors (Lipinski definition) is 3. The second kappa shape index (κ2) is 11.1. The highest BCUT2D eigenvalue weighted by Crippen LogP contribution is 2.22. The van der Waals surface area contributed by atoms with Crippen LogP contribution in [0.2, 0.25) is 0 Å². The number of rotatable bonds is 7. The van der Waals surface area contributed by atoms with Gasteiger partial charge in [0.15, 0.2) is 13.1 Å². The lowest BCUT2D eigenvalue weighted by molar-refractivity contribution is -0.914. The molecule has 0 radical (unpaired) electrons. The molecule has 1 saturated heterocycles. The molecular formula is C26H35N2O3+. The van der Waals surface area contributed by atoms with E-state index in [-0.39, 0.29) is 25.0 Å². The van der Waals surface area contributed by atoms with E-state index in [1.54, 1.807) is 0 Å². The predicted molar refractivity (Wildman–Crippen MR) is 124 cm³/mol. The van der Waals surface area contributed by atoms with E-state index in [1.165, 1.54) is 6.42 Å². The summed E-state index contributed by atoms with van der Waals surface area (Å²) in [6, 6.07) is 15.7. The Kier molecular flexibility index (Phi) is 8.24. The highest BCUT2D eigenvalue weighted by atomic mass is 16.5. The molecular weight excluding hydrogens is 388 g/mol. The van der Waals surface area contributed by atoms with Gasteiger partial charge in [0.05, 0.1) is 13.1 Å². The third-order valence-corrected chi connectivity index (χ3v) is 6.20. The van der Waals surface area contributed by atoms with Crippen molar-refractivity contribution >= 4 is 17.6 Å². The van der Waals surface area contributed by atoms with Crippen LogP contribution >= 0.6 is 0 Å². The zero-order valence-corrected chi connectivity index (χ0v) is 18.9. The summed E-state index contributed by atoms with van der Waals surface area (Å²) < 4.78 is 6.06. The fraction of sp³-hybridized carbons (Fsp3) is 0.462. The predicted octanol–water partition coefficient (Wildman–Crippen LogP) is 4.77. The van der Waals surface area contributed by atoms with Gasteiger partial charge in [-0.25, -0.2) is 4.79 Å². The minimum atomic E-state index is -0.232. The molecule has 1 aliphatic heterocycles. The van der Waals surface area contributed by atoms with E-state index in [1.807, 2.05) is 62.4 Å². The molecule has 1 heterocycles. The number of amides is 1. The fourth-order valence-electron chi connectivity index (χ4n) is 4.46. The Bertz CT molecular complexity index is 851. The summed E-state index contributed by atoms with van der Waals surface area (Å²) >= 11 is 0. The summed E-state index contributed by atoms with van der Waals surface area (Å²) in [5.74, 6) is -0.266. The Labute approximate surface area is 186 Å². The molecule has 1 fully saturated rings. The summed E-state index contributed by atoms with van der Waals surface area (Å²) in [7, 11) is 0. The van der Waals surface area contributed by atoms with Gasteiger partial charge in [0.25, 0.3) is 5.91 Å². The molecule has 1 amide bonds. The largest absolute Gasteiger partial charge is 0.457 e. The van der Waals surface area contributed by atoms with Crippen molar-refractivity contribution < 1.29 is 18.8 Å². The van der Waals surface area contributed by atoms with Crippen LogP contribution in [0.3, 0.4) is 0 Å². The zero-order chi connectivity index (χ0) is 22.1. The first-order chi connectivity index (χ1) is 15.0. The van der Waals surface area contributed by atoms with E-state index in [2.05, 4.69) is 5.32 Å². The van der Waals surface area contributed by atoms with Gasteiger partial charge in [-0.05, 0) is 56.2 Å². The quantitative estimate of drug-likeness (QED) is 0.516. The Morgan fingerprint density at radius 1 is 0.839 bits per heavy atom. The standard InChI is InChI=1S/C26H34N2O3/c1-21-12-11-13-22(2)26(21)27-24(29)18-28(16-9-4-3-5-10-17-28)19-25(30)31-20-23-14-7-6-8-15-23/h6-8,11-15H,3-5,9-10,16-20H2,1-2H3/p+1. The number of nitrogens with one attached hydrogen (secondary N) is 1. The summed E-state index contributed by atoms with van der Waals surface area (Å²) in [5, 5.41) is 3.11. The topological polar surface area (TPSA) is 55.4 Å². The number of benzene rings is 2. The van der Waals surface area contributed by atoms with Gasteiger partial charge in [-0.3, -0.25) is 4.79 Å². The van der Waals surface area contributed by atoms with Crippen molar-refractivity contribution in [2.24, 2.45) is 0 Å². The van der Waals surface area contributed by atoms with Gasteiger partial charge in [-0.2, -0.15) is 0 Å². The molecule has 2 aromatic rings. The van der Waals surface area contributed by atoms with Gasteiger partial charge >= 0.3 is 5.97 Å². The first kappa shape index (κ1) is 23.0. The fourth-order valence-corrected chi connectivity index (χ4v) is 4.46. The second-order valence-corrected chi connectivity index (χ2v) is 8.83. The smallest absolute Gasteiger partial charge is 0.362 e. The van der Waals surface area contributed by atoms with Crippen LogP contribution in [0.5, 0.6) is 0 Å². The summed E-state index contributed by atoms with van der Waals surface area (Å²) in [6.45, 7) is 6.49. The number of likely N-dealkylation sites (tertiary alicyclic amines) is 1. The van der Waals surface area contributed by atoms with Crippen LogP contribution < -0.4 is 5.32 Å². The van der Waals surface area contributed by atoms with Crippen LogP contribution in [0.1, 0.15) is 48.8 Å². The number of para-hydroxylation sites is 1. The summed E-state index contributed by atoms with van der Waals surface area (Å²) in [5.41, 5.74) is 3.96. The van der Waals surface area contributed by atoms with Gasteiger partial charge in [0, 0.05) is 5.69 Å². The number of carbonyl (C=O) groups is 2. The molecule has 5 nitrogen and oxygen atoms in total. The zero-order valence-electron chi connectivity index (χ0n) is 18.9. The van der Waals surface area contributed by atoms with Gasteiger partial charge in [0.1, 0.15) is 6.61 Å². The van der Waals surface area contributed by atoms with Crippen molar-refractivity contribution in [3.8, 4) is 0 Å². The third kappa shape index (κ3) is 6.93. The molecule has 1 aliphatic rings. The van der Waals surface area contributed by atoms with E-state index < -0.39 is 0 Å². The molecule has 0 aromatic heterocycles. The highest BCUT2D eigenvalue weighted by Gasteiger charge is 2.34. The van der Waals surface area contributed by atoms with Crippen molar-refractivity contribution in [1.82, 2.24) is 0 Å². The molecule has 0 bridgehead atoms. The molecule has 3 rings (SSSR count). The number of nitrogens with zero attached hydrogens (tertiary/aromatic N) is 1. The molecule has 166 valence electrons. The molecule has 0 unspecified atom stereocenters. The Morgan fingerprint density at radius 3 is 2.10 bits per heavy atom. The maximum Gasteiger partial charge on any atom is 0.362 e. The Hall–Kier alpha value is -2.66. The normalized spacial score (nSPS) is 16.1. The molecule has 0 aliphatic carbocycles. The number of aryl methyl sites for hydroxylation is 2. The number of ether oxygens (including phenoxy) is 1. The van der Waals surface area contributed by atoms with Crippen LogP contribution in [-0.2, 0) is 20.9 Å². The van der Waals surface area contributed by atoms with Crippen molar-refractivity contribution in [3.63, 3.8) is 0 Å². The maximum atomic E-state index is 13.1. The molecule has 2 aromatic carbocycles. The van der Waals surface area contributed by atoms with Gasteiger partial charge in [-0.1, -0.05) is 55.0 Å². The van der Waals surface area contributed by atoms with Crippen LogP contribution in [0.4, 0.5) is 5.69 Å². The lowest BCUT2D eigenvalue weighted by Crippen LogP contribution is -2.56. The number of carbonyl (C=O) groups excluding carboxylic acids is 2. The lowest BCUT2D eigenvalue weighted by Gasteiger charge is -2.38. The number of esters is 1. The Morgan fingerprint density at radius 2 is 1.45 bits per heavy atom. The lowest BCUT2D eigenvalue weighted by atomic mass is 10.1. The van der Waals surface area contributed by atoms with Crippen molar-refractivity contribution in [2.75, 3.05) is 31.5 Å². The van der Waals surface area contributed by atoms with E-state index in [0.29, 0.717) is 11.0 Å². The molecule has 0 spiro atoms. The van der Waals surface area contributed by atoms with Crippen LogP contribution in [0, 0.1) is 13.8 Å². The van der Waals surface area contributed by atoms with E-state index >= 15 is 0 Å². The molecule has 0 saturated carbocycles. The monoisotopic (exact) mass is 423 g/mol. The summed E-state index contributed by atoms with van der Waals surface area (Å²) in [4.78, 5) is 25.8. The number of hydrogen-bond donors (Lipinski definition) is 1. The van der Waals surface area contributed by atoms with E-state index in [4.69, 9.17) is 4.74 Å². The van der Waals surface area contributed by atoms with E-state index in [0.717, 1.165) is 61.2 Å². The molecule has 5 heteroatoms. The molecule has 0 atom stereocenters. The third-order valence-electron chi connectivity index (χ3n) is 6.20. The molecule has 1 N–H and O–H groups in total. The Balaban J connectivity index is 1.68. The maximum absolute atomic E-state index is 13.1. The van der Waals surface area contributed by atoms with Gasteiger partial charge in [-0.15, -0.1) is 0 Å². The van der Waals surface area contributed by atoms with Crippen LogP contribution in [0.25, 0.3) is 0 Å². The van der Waals surface area contributed by atoms with Crippen molar-refractivity contribution in [3.05, 3.63) is 65.2 Å². The minimum absolute atomic E-state index is 0.0335. The van der Waals surface area contributed by atoms with Gasteiger partial charge < -0.3 is 14.5 Å². The van der Waals surface area contributed by atoms with Crippen molar-refractivity contribution in [2.45, 2.75) is 52.6 Å². The first-order valence-electron chi connectivity index (χ1n) is 11.4. The second-order valence-electron chi connectivity index (χ2n) is 8.83. The first-order valence-corrected chi connectivity index (χ1v) is 11.4. The average Bonchev–Trinajstić information content (AvgIpc) is 2.73. The SMILES string of the molecule is Cc1cccc(C)c1NC(=O)C[N+]1(CC(=O)OCc2ccccc2)CCCCCCC1. The number of anilines is 1. The number of quaternary nitrogens is 1. The molecule has 31 heavy (non-hydrogen) atoms. The summed E-state index contributed by atoms with van der Waals surface area (Å²) in [6.07, 6.45) is 5.59. The van der Waals surface area contributed by atoms with Crippen LogP contribution in [-0.4, -0.2) is 42.5 Å². The highest BCUT2D eigenvalue weighted by molar-refractivity contribution is 5.93. The van der Waals surface area contributed by atoms with Crippen LogP contribution in [0.15, 0.2) is 48.5 Å². The minimum Gasteiger partial charge on any atom is -0.457 e. The van der Waals surface area contributed by atoms with Gasteiger partial charge in [0.2, 0.25) is 0 Å². The van der Waals surface area contributed by atoms with E-state index in [9.17, 15) is 9.59 Å². The average molecular weight is 424 g/mol.